The van der Waals surface area contributed by atoms with Gasteiger partial charge in [-0.05, 0) is 37.5 Å². The maximum absolute atomic E-state index is 12.9. The average Bonchev–Trinajstić information content (AvgIpc) is 2.82. The van der Waals surface area contributed by atoms with Gasteiger partial charge in [0.1, 0.15) is 12.1 Å². The topological polar surface area (TPSA) is 78.5 Å². The van der Waals surface area contributed by atoms with Crippen molar-refractivity contribution in [3.63, 3.8) is 0 Å². The lowest BCUT2D eigenvalue weighted by molar-refractivity contribution is -0.135. The Labute approximate surface area is 164 Å². The molecule has 1 aliphatic heterocycles. The summed E-state index contributed by atoms with van der Waals surface area (Å²) in [6.45, 7) is 1.38. The summed E-state index contributed by atoms with van der Waals surface area (Å²) >= 11 is 5.91. The van der Waals surface area contributed by atoms with E-state index in [2.05, 4.69) is 10.6 Å². The van der Waals surface area contributed by atoms with Crippen LogP contribution in [0.15, 0.2) is 24.3 Å². The first-order chi connectivity index (χ1) is 12.9. The minimum absolute atomic E-state index is 0.126. The SMILES string of the molecule is CC1(c2ccc(Cl)cc2)NC(=O)N(CC(=O)NC2CCCCCCC2)C1=O. The van der Waals surface area contributed by atoms with Gasteiger partial charge in [-0.25, -0.2) is 4.79 Å². The lowest BCUT2D eigenvalue weighted by atomic mass is 9.92. The Balaban J connectivity index is 1.64. The number of amides is 4. The van der Waals surface area contributed by atoms with Gasteiger partial charge in [0.05, 0.1) is 0 Å². The lowest BCUT2D eigenvalue weighted by Gasteiger charge is -2.23. The molecular weight excluding hydrogens is 366 g/mol. The van der Waals surface area contributed by atoms with Crippen LogP contribution in [-0.4, -0.2) is 35.3 Å². The Bertz CT molecular complexity index is 714. The zero-order chi connectivity index (χ0) is 19.4. The smallest absolute Gasteiger partial charge is 0.325 e. The molecule has 4 amide bonds. The number of nitrogens with one attached hydrogen (secondary N) is 2. The number of carbonyl (C=O) groups is 3. The van der Waals surface area contributed by atoms with Crippen molar-refractivity contribution >= 4 is 29.4 Å². The highest BCUT2D eigenvalue weighted by Gasteiger charge is 2.49. The molecule has 1 unspecified atom stereocenters. The largest absolute Gasteiger partial charge is 0.352 e. The summed E-state index contributed by atoms with van der Waals surface area (Å²) in [6, 6.07) is 6.33. The highest BCUT2D eigenvalue weighted by molar-refractivity contribution is 6.30. The van der Waals surface area contributed by atoms with Crippen molar-refractivity contribution in [2.45, 2.75) is 63.5 Å². The van der Waals surface area contributed by atoms with Crippen LogP contribution in [0.1, 0.15) is 57.4 Å². The average molecular weight is 392 g/mol. The predicted octanol–water partition coefficient (Wildman–Crippen LogP) is 3.34. The van der Waals surface area contributed by atoms with Gasteiger partial charge < -0.3 is 10.6 Å². The minimum Gasteiger partial charge on any atom is -0.352 e. The van der Waals surface area contributed by atoms with Gasteiger partial charge in [-0.15, -0.1) is 0 Å². The normalized spacial score (nSPS) is 24.3. The van der Waals surface area contributed by atoms with E-state index in [1.807, 2.05) is 0 Å². The summed E-state index contributed by atoms with van der Waals surface area (Å²) in [4.78, 5) is 38.7. The summed E-state index contributed by atoms with van der Waals surface area (Å²) in [6.07, 6.45) is 7.75. The quantitative estimate of drug-likeness (QED) is 0.772. The summed E-state index contributed by atoms with van der Waals surface area (Å²) in [7, 11) is 0. The standard InChI is InChI=1S/C20H26ClN3O3/c1-20(14-9-11-15(21)12-10-14)18(26)24(19(27)23-20)13-17(25)22-16-7-5-3-2-4-6-8-16/h9-12,16H,2-8,13H2,1H3,(H,22,25)(H,23,27). The van der Waals surface area contributed by atoms with E-state index < -0.39 is 17.5 Å². The molecule has 7 heteroatoms. The third-order valence-electron chi connectivity index (χ3n) is 5.47. The highest BCUT2D eigenvalue weighted by Crippen LogP contribution is 2.29. The van der Waals surface area contributed by atoms with Crippen LogP contribution in [0.4, 0.5) is 4.79 Å². The Hall–Kier alpha value is -2.08. The van der Waals surface area contributed by atoms with E-state index in [9.17, 15) is 14.4 Å². The Morgan fingerprint density at radius 3 is 2.37 bits per heavy atom. The lowest BCUT2D eigenvalue weighted by Crippen LogP contribution is -2.45. The molecule has 1 saturated carbocycles. The molecule has 1 saturated heterocycles. The van der Waals surface area contributed by atoms with Gasteiger partial charge in [0, 0.05) is 11.1 Å². The second-order valence-electron chi connectivity index (χ2n) is 7.56. The van der Waals surface area contributed by atoms with Crippen LogP contribution in [0.5, 0.6) is 0 Å². The fourth-order valence-corrected chi connectivity index (χ4v) is 3.96. The minimum atomic E-state index is -1.19. The number of halogens is 1. The molecule has 1 aromatic rings. The number of benzene rings is 1. The van der Waals surface area contributed by atoms with Crippen LogP contribution in [0, 0.1) is 0 Å². The van der Waals surface area contributed by atoms with Gasteiger partial charge in [0.15, 0.2) is 0 Å². The molecule has 6 nitrogen and oxygen atoms in total. The Morgan fingerprint density at radius 1 is 1.15 bits per heavy atom. The number of hydrogen-bond acceptors (Lipinski definition) is 3. The molecule has 1 aliphatic carbocycles. The van der Waals surface area contributed by atoms with E-state index in [0.29, 0.717) is 10.6 Å². The second-order valence-corrected chi connectivity index (χ2v) is 8.00. The fourth-order valence-electron chi connectivity index (χ4n) is 3.84. The fraction of sp³-hybridized carbons (Fsp3) is 0.550. The maximum Gasteiger partial charge on any atom is 0.325 e. The molecule has 0 aromatic heterocycles. The van der Waals surface area contributed by atoms with Gasteiger partial charge in [-0.1, -0.05) is 55.8 Å². The first-order valence-electron chi connectivity index (χ1n) is 9.59. The predicted molar refractivity (Wildman–Crippen MR) is 103 cm³/mol. The number of nitrogens with zero attached hydrogens (tertiary/aromatic N) is 1. The molecule has 3 rings (SSSR count). The third-order valence-corrected chi connectivity index (χ3v) is 5.72. The van der Waals surface area contributed by atoms with E-state index in [4.69, 9.17) is 11.6 Å². The van der Waals surface area contributed by atoms with E-state index >= 15 is 0 Å². The maximum atomic E-state index is 12.9. The van der Waals surface area contributed by atoms with Crippen LogP contribution < -0.4 is 10.6 Å². The van der Waals surface area contributed by atoms with E-state index in [-0.39, 0.29) is 18.5 Å². The van der Waals surface area contributed by atoms with Crippen molar-refractivity contribution in [3.8, 4) is 0 Å². The third kappa shape index (κ3) is 4.43. The molecular formula is C20H26ClN3O3. The van der Waals surface area contributed by atoms with E-state index in [1.54, 1.807) is 31.2 Å². The molecule has 0 radical (unpaired) electrons. The molecule has 2 N–H and O–H groups in total. The summed E-state index contributed by atoms with van der Waals surface area (Å²) < 4.78 is 0. The molecule has 27 heavy (non-hydrogen) atoms. The first kappa shape index (κ1) is 19.7. The van der Waals surface area contributed by atoms with Crippen LogP contribution in [0.3, 0.4) is 0 Å². The molecule has 1 atom stereocenters. The number of hydrogen-bond donors (Lipinski definition) is 2. The summed E-state index contributed by atoms with van der Waals surface area (Å²) in [5.41, 5.74) is -0.560. The zero-order valence-electron chi connectivity index (χ0n) is 15.6. The van der Waals surface area contributed by atoms with Crippen LogP contribution in [-0.2, 0) is 15.1 Å². The number of carbonyl (C=O) groups excluding carboxylic acids is 3. The van der Waals surface area contributed by atoms with Crippen LogP contribution in [0.2, 0.25) is 5.02 Å². The van der Waals surface area contributed by atoms with Crippen molar-refractivity contribution in [1.29, 1.82) is 0 Å². The number of urea groups is 1. The summed E-state index contributed by atoms with van der Waals surface area (Å²) in [5.74, 6) is -0.716. The molecule has 146 valence electrons. The summed E-state index contributed by atoms with van der Waals surface area (Å²) in [5, 5.41) is 6.26. The van der Waals surface area contributed by atoms with Crippen molar-refractivity contribution in [2.24, 2.45) is 0 Å². The molecule has 1 aromatic carbocycles. The molecule has 0 spiro atoms. The van der Waals surface area contributed by atoms with Gasteiger partial charge in [-0.2, -0.15) is 0 Å². The van der Waals surface area contributed by atoms with Crippen molar-refractivity contribution in [2.75, 3.05) is 6.54 Å². The van der Waals surface area contributed by atoms with Gasteiger partial charge in [0.25, 0.3) is 5.91 Å². The Kier molecular flexibility index (Phi) is 6.05. The molecule has 2 aliphatic rings. The van der Waals surface area contributed by atoms with Gasteiger partial charge in [0.2, 0.25) is 5.91 Å². The van der Waals surface area contributed by atoms with Crippen molar-refractivity contribution in [1.82, 2.24) is 15.5 Å². The van der Waals surface area contributed by atoms with Crippen molar-refractivity contribution in [3.05, 3.63) is 34.9 Å². The van der Waals surface area contributed by atoms with Gasteiger partial charge in [-0.3, -0.25) is 14.5 Å². The van der Waals surface area contributed by atoms with Gasteiger partial charge >= 0.3 is 6.03 Å². The monoisotopic (exact) mass is 391 g/mol. The Morgan fingerprint density at radius 2 is 1.74 bits per heavy atom. The number of rotatable bonds is 4. The highest BCUT2D eigenvalue weighted by atomic mass is 35.5. The van der Waals surface area contributed by atoms with Crippen LogP contribution in [0.25, 0.3) is 0 Å². The molecule has 2 fully saturated rings. The number of imide groups is 1. The first-order valence-corrected chi connectivity index (χ1v) is 9.97. The molecule has 0 bridgehead atoms. The van der Waals surface area contributed by atoms with E-state index in [0.717, 1.165) is 30.6 Å². The van der Waals surface area contributed by atoms with Crippen molar-refractivity contribution < 1.29 is 14.4 Å². The van der Waals surface area contributed by atoms with Crippen LogP contribution >= 0.6 is 11.6 Å². The zero-order valence-corrected chi connectivity index (χ0v) is 16.3. The second kappa shape index (κ2) is 8.30. The molecule has 1 heterocycles. The van der Waals surface area contributed by atoms with E-state index in [1.165, 1.54) is 19.3 Å².